The first kappa shape index (κ1) is 28.4. The Labute approximate surface area is 228 Å². The van der Waals surface area contributed by atoms with Crippen molar-refractivity contribution in [1.29, 1.82) is 0 Å². The van der Waals surface area contributed by atoms with E-state index in [1.54, 1.807) is 53.2 Å². The standard InChI is InChI=1S/C28H29F3N6O3/c1-5-40-22-14-19(25(39)35-27(2,3)4)9-11-21(22)33-26-34-23-12-10-20(15-37(23)36-26)17-7-6-8-18(13-17)24(38)32-16-28(29,30)31/h6-15H,5,16H2,1-4H3,(H,32,38)(H,33,36)(H,35,39). The van der Waals surface area contributed by atoms with Gasteiger partial charge in [0.15, 0.2) is 5.65 Å². The first-order valence-corrected chi connectivity index (χ1v) is 12.5. The summed E-state index contributed by atoms with van der Waals surface area (Å²) in [5.74, 6) is -0.297. The van der Waals surface area contributed by atoms with Crippen molar-refractivity contribution in [2.45, 2.75) is 39.4 Å². The number of hydrogen-bond acceptors (Lipinski definition) is 6. The lowest BCUT2D eigenvalue weighted by Crippen LogP contribution is -2.40. The molecule has 40 heavy (non-hydrogen) atoms. The SMILES string of the molecule is CCOc1cc(C(=O)NC(C)(C)C)ccc1Nc1nc2ccc(-c3cccc(C(=O)NCC(F)(F)F)c3)cn2n1. The molecular formula is C28H29F3N6O3. The van der Waals surface area contributed by atoms with E-state index in [2.05, 4.69) is 20.7 Å². The van der Waals surface area contributed by atoms with Crippen LogP contribution in [0.1, 0.15) is 48.4 Å². The van der Waals surface area contributed by atoms with E-state index in [1.165, 1.54) is 12.1 Å². The highest BCUT2D eigenvalue weighted by Gasteiger charge is 2.28. The molecule has 210 valence electrons. The van der Waals surface area contributed by atoms with Crippen molar-refractivity contribution in [3.05, 3.63) is 71.9 Å². The second kappa shape index (κ2) is 11.2. The van der Waals surface area contributed by atoms with Crippen LogP contribution in [-0.2, 0) is 0 Å². The summed E-state index contributed by atoms with van der Waals surface area (Å²) in [6, 6.07) is 14.8. The Balaban J connectivity index is 1.55. The fraction of sp³-hybridized carbons (Fsp3) is 0.286. The predicted molar refractivity (Wildman–Crippen MR) is 145 cm³/mol. The van der Waals surface area contributed by atoms with E-state index in [0.717, 1.165) is 0 Å². The van der Waals surface area contributed by atoms with E-state index in [-0.39, 0.29) is 23.0 Å². The van der Waals surface area contributed by atoms with Crippen LogP contribution in [-0.4, -0.2) is 51.3 Å². The van der Waals surface area contributed by atoms with Crippen LogP contribution in [0.25, 0.3) is 16.8 Å². The van der Waals surface area contributed by atoms with Gasteiger partial charge in [-0.2, -0.15) is 18.2 Å². The molecule has 2 amide bonds. The summed E-state index contributed by atoms with van der Waals surface area (Å²) in [6.45, 7) is 6.51. The van der Waals surface area contributed by atoms with Gasteiger partial charge in [-0.05, 0) is 75.7 Å². The van der Waals surface area contributed by atoms with Crippen molar-refractivity contribution < 1.29 is 27.5 Å². The van der Waals surface area contributed by atoms with Crippen LogP contribution < -0.4 is 20.7 Å². The molecular weight excluding hydrogens is 525 g/mol. The van der Waals surface area contributed by atoms with Gasteiger partial charge < -0.3 is 20.7 Å². The quantitative estimate of drug-likeness (QED) is 0.271. The summed E-state index contributed by atoms with van der Waals surface area (Å²) < 4.78 is 44.7. The Morgan fingerprint density at radius 3 is 2.40 bits per heavy atom. The predicted octanol–water partition coefficient (Wildman–Crippen LogP) is 5.36. The monoisotopic (exact) mass is 554 g/mol. The largest absolute Gasteiger partial charge is 0.492 e. The minimum Gasteiger partial charge on any atom is -0.492 e. The number of nitrogens with one attached hydrogen (secondary N) is 3. The molecule has 2 aromatic carbocycles. The molecule has 0 fully saturated rings. The fourth-order valence-electron chi connectivity index (χ4n) is 3.80. The summed E-state index contributed by atoms with van der Waals surface area (Å²) in [7, 11) is 0. The zero-order valence-corrected chi connectivity index (χ0v) is 22.4. The van der Waals surface area contributed by atoms with Crippen molar-refractivity contribution in [2.75, 3.05) is 18.5 Å². The molecule has 9 nitrogen and oxygen atoms in total. The van der Waals surface area contributed by atoms with Gasteiger partial charge in [-0.15, -0.1) is 5.10 Å². The molecule has 0 aliphatic rings. The van der Waals surface area contributed by atoms with E-state index >= 15 is 0 Å². The highest BCUT2D eigenvalue weighted by atomic mass is 19.4. The second-order valence-electron chi connectivity index (χ2n) is 10.0. The maximum atomic E-state index is 12.6. The molecule has 3 N–H and O–H groups in total. The van der Waals surface area contributed by atoms with Gasteiger partial charge in [0.25, 0.3) is 11.8 Å². The van der Waals surface area contributed by atoms with Crippen LogP contribution in [0.3, 0.4) is 0 Å². The van der Waals surface area contributed by atoms with Crippen LogP contribution in [0.2, 0.25) is 0 Å². The van der Waals surface area contributed by atoms with Crippen LogP contribution in [0.5, 0.6) is 5.75 Å². The lowest BCUT2D eigenvalue weighted by atomic mass is 10.0. The number of alkyl halides is 3. The van der Waals surface area contributed by atoms with Gasteiger partial charge in [-0.25, -0.2) is 4.52 Å². The summed E-state index contributed by atoms with van der Waals surface area (Å²) in [6.07, 6.45) is -2.80. The molecule has 0 aliphatic carbocycles. The minimum atomic E-state index is -4.50. The molecule has 2 heterocycles. The van der Waals surface area contributed by atoms with Crippen molar-refractivity contribution in [3.8, 4) is 16.9 Å². The Hall–Kier alpha value is -4.61. The summed E-state index contributed by atoms with van der Waals surface area (Å²) >= 11 is 0. The number of anilines is 2. The third kappa shape index (κ3) is 7.28. The van der Waals surface area contributed by atoms with Gasteiger partial charge >= 0.3 is 6.18 Å². The fourth-order valence-corrected chi connectivity index (χ4v) is 3.80. The lowest BCUT2D eigenvalue weighted by molar-refractivity contribution is -0.123. The van der Waals surface area contributed by atoms with Crippen LogP contribution in [0.4, 0.5) is 24.8 Å². The van der Waals surface area contributed by atoms with Gasteiger partial charge in [-0.3, -0.25) is 9.59 Å². The van der Waals surface area contributed by atoms with Crippen molar-refractivity contribution in [1.82, 2.24) is 25.2 Å². The van der Waals surface area contributed by atoms with Crippen LogP contribution >= 0.6 is 0 Å². The average molecular weight is 555 g/mol. The van der Waals surface area contributed by atoms with Gasteiger partial charge in [-0.1, -0.05) is 12.1 Å². The number of aromatic nitrogens is 3. The van der Waals surface area contributed by atoms with Crippen molar-refractivity contribution in [3.63, 3.8) is 0 Å². The molecule has 0 radical (unpaired) electrons. The number of ether oxygens (including phenoxy) is 1. The smallest absolute Gasteiger partial charge is 0.405 e. The molecule has 0 unspecified atom stereocenters. The topological polar surface area (TPSA) is 110 Å². The zero-order chi connectivity index (χ0) is 29.1. The number of nitrogens with zero attached hydrogens (tertiary/aromatic N) is 3. The van der Waals surface area contributed by atoms with E-state index in [4.69, 9.17) is 4.74 Å². The third-order valence-electron chi connectivity index (χ3n) is 5.52. The molecule has 0 saturated carbocycles. The van der Waals surface area contributed by atoms with Crippen LogP contribution in [0, 0.1) is 0 Å². The first-order chi connectivity index (χ1) is 18.8. The number of carbonyl (C=O) groups is 2. The minimum absolute atomic E-state index is 0.103. The maximum absolute atomic E-state index is 12.6. The molecule has 0 saturated heterocycles. The highest BCUT2D eigenvalue weighted by molar-refractivity contribution is 5.96. The number of carbonyl (C=O) groups excluding carboxylic acids is 2. The second-order valence-corrected chi connectivity index (χ2v) is 10.0. The highest BCUT2D eigenvalue weighted by Crippen LogP contribution is 2.29. The number of rotatable bonds is 8. The summed E-state index contributed by atoms with van der Waals surface area (Å²) in [5, 5.41) is 12.4. The van der Waals surface area contributed by atoms with Gasteiger partial charge in [0.1, 0.15) is 12.3 Å². The number of fused-ring (bicyclic) bond motifs is 1. The van der Waals surface area contributed by atoms with Crippen molar-refractivity contribution in [2.24, 2.45) is 0 Å². The molecule has 0 aliphatic heterocycles. The van der Waals surface area contributed by atoms with E-state index in [1.807, 2.05) is 33.0 Å². The molecule has 0 spiro atoms. The first-order valence-electron chi connectivity index (χ1n) is 12.5. The molecule has 12 heteroatoms. The van der Waals surface area contributed by atoms with E-state index in [9.17, 15) is 22.8 Å². The molecule has 0 atom stereocenters. The number of hydrogen-bond donors (Lipinski definition) is 3. The maximum Gasteiger partial charge on any atom is 0.405 e. The Bertz CT molecular complexity index is 1540. The molecule has 4 rings (SSSR count). The number of benzene rings is 2. The lowest BCUT2D eigenvalue weighted by Gasteiger charge is -2.21. The van der Waals surface area contributed by atoms with E-state index in [0.29, 0.717) is 40.4 Å². The Morgan fingerprint density at radius 1 is 0.950 bits per heavy atom. The Kier molecular flexibility index (Phi) is 7.98. The normalized spacial score (nSPS) is 11.8. The van der Waals surface area contributed by atoms with Crippen molar-refractivity contribution >= 4 is 29.1 Å². The zero-order valence-electron chi connectivity index (χ0n) is 22.4. The van der Waals surface area contributed by atoms with E-state index < -0.39 is 18.6 Å². The Morgan fingerprint density at radius 2 is 1.70 bits per heavy atom. The van der Waals surface area contributed by atoms with Crippen LogP contribution in [0.15, 0.2) is 60.8 Å². The van der Waals surface area contributed by atoms with Gasteiger partial charge in [0, 0.05) is 28.4 Å². The summed E-state index contributed by atoms with van der Waals surface area (Å²) in [5.41, 5.74) is 2.57. The number of halogens is 3. The third-order valence-corrected chi connectivity index (χ3v) is 5.52. The molecule has 4 aromatic rings. The van der Waals surface area contributed by atoms with Gasteiger partial charge in [0.2, 0.25) is 5.95 Å². The average Bonchev–Trinajstić information content (AvgIpc) is 3.28. The molecule has 2 aromatic heterocycles. The van der Waals surface area contributed by atoms with Gasteiger partial charge in [0.05, 0.1) is 12.3 Å². The number of pyridine rings is 1. The number of amides is 2. The molecule has 0 bridgehead atoms. The summed E-state index contributed by atoms with van der Waals surface area (Å²) in [4.78, 5) is 29.3.